The fourth-order valence-corrected chi connectivity index (χ4v) is 9.09. The van der Waals surface area contributed by atoms with Gasteiger partial charge in [0.05, 0.1) is 45.7 Å². The van der Waals surface area contributed by atoms with Gasteiger partial charge in [-0.25, -0.2) is 31.9 Å². The Bertz CT molecular complexity index is 2690. The number of hydrogen-bond acceptors (Lipinski definition) is 11. The molecule has 5 aromatic rings. The smallest absolute Gasteiger partial charge is 0.267 e. The summed E-state index contributed by atoms with van der Waals surface area (Å²) in [5.41, 5.74) is 3.07. The summed E-state index contributed by atoms with van der Waals surface area (Å²) >= 11 is 7.73. The predicted molar refractivity (Wildman–Crippen MR) is 213 cm³/mol. The lowest BCUT2D eigenvalue weighted by molar-refractivity contribution is -0.127. The van der Waals surface area contributed by atoms with Crippen LogP contribution in [0.3, 0.4) is 0 Å². The van der Waals surface area contributed by atoms with Crippen LogP contribution in [0.1, 0.15) is 65.6 Å². The predicted octanol–water partition coefficient (Wildman–Crippen LogP) is 5.90. The molecule has 0 radical (unpaired) electrons. The van der Waals surface area contributed by atoms with Gasteiger partial charge in [-0.3, -0.25) is 24.0 Å². The highest BCUT2D eigenvalue weighted by Gasteiger charge is 2.48. The maximum absolute atomic E-state index is 14.1. The molecule has 2 aliphatic rings. The quantitative estimate of drug-likeness (QED) is 0.187. The van der Waals surface area contributed by atoms with Crippen molar-refractivity contribution in [3.63, 3.8) is 0 Å². The van der Waals surface area contributed by atoms with E-state index in [1.54, 1.807) is 30.5 Å². The number of alkyl halides is 2. The number of hydrogen-bond donors (Lipinski definition) is 1. The summed E-state index contributed by atoms with van der Waals surface area (Å²) in [6.07, 6.45) is 4.14. The van der Waals surface area contributed by atoms with Crippen molar-refractivity contribution < 1.29 is 22.0 Å². The van der Waals surface area contributed by atoms with E-state index in [1.165, 1.54) is 22.1 Å². The van der Waals surface area contributed by atoms with E-state index in [1.807, 2.05) is 29.7 Å². The molecule has 1 aliphatic carbocycles. The molecule has 1 aliphatic heterocycles. The molecule has 0 spiro atoms. The molecule has 56 heavy (non-hydrogen) atoms. The van der Waals surface area contributed by atoms with Crippen LogP contribution in [0.15, 0.2) is 40.6 Å². The van der Waals surface area contributed by atoms with Crippen LogP contribution in [0.5, 0.6) is 0 Å². The van der Waals surface area contributed by atoms with E-state index in [4.69, 9.17) is 11.6 Å². The SMILES string of the molecule is CCc1cc(-c2cc(Cl)ccc2C#CCn2c(C)nc3cnc(N(C)C4CCN(C5CC(F)(F)C5)CC4)c(C#N)c3c2=O)c2scc(C(=O)NS(C)(=O)=O)c2n1. The summed E-state index contributed by atoms with van der Waals surface area (Å²) in [6, 6.07) is 9.20. The number of benzene rings is 1. The van der Waals surface area contributed by atoms with Crippen molar-refractivity contribution in [2.75, 3.05) is 31.3 Å². The number of amides is 1. The van der Waals surface area contributed by atoms with Gasteiger partial charge in [-0.15, -0.1) is 11.3 Å². The highest BCUT2D eigenvalue weighted by atomic mass is 35.5. The minimum atomic E-state index is -3.81. The van der Waals surface area contributed by atoms with E-state index in [2.05, 4.69) is 37.8 Å². The van der Waals surface area contributed by atoms with Crippen molar-refractivity contribution in [1.29, 1.82) is 5.26 Å². The first-order valence-corrected chi connectivity index (χ1v) is 21.1. The van der Waals surface area contributed by atoms with Crippen LogP contribution in [0.2, 0.25) is 5.02 Å². The van der Waals surface area contributed by atoms with Crippen LogP contribution in [0, 0.1) is 30.1 Å². The Balaban J connectivity index is 1.20. The number of piperidine rings is 1. The van der Waals surface area contributed by atoms with Gasteiger partial charge in [0.2, 0.25) is 10.0 Å². The normalized spacial score (nSPS) is 16.2. The van der Waals surface area contributed by atoms with Crippen LogP contribution in [-0.4, -0.2) is 83.1 Å². The van der Waals surface area contributed by atoms with E-state index in [0.717, 1.165) is 6.26 Å². The van der Waals surface area contributed by atoms with Crippen molar-refractivity contribution in [3.8, 4) is 29.0 Å². The summed E-state index contributed by atoms with van der Waals surface area (Å²) in [4.78, 5) is 44.9. The number of halogens is 3. The first kappa shape index (κ1) is 39.2. The zero-order chi connectivity index (χ0) is 40.1. The lowest BCUT2D eigenvalue weighted by atomic mass is 9.85. The van der Waals surface area contributed by atoms with Gasteiger partial charge in [-0.1, -0.05) is 30.4 Å². The standard InChI is InChI=1S/C39H37ClF2N8O4S2/c1-5-25-16-29(35-34(46-25)31(21-55-35)37(51)47-56(4,53)54)28-15-24(40)9-8-23(28)7-6-12-50-22(2)45-32-20-44-36(30(19-43)33(32)38(50)52)48(3)26-10-13-49(14-11-26)27-17-39(41,42)18-27/h8-9,15-16,20-21,26-27H,5,10-14,17-18H2,1-4H3,(H,47,51). The first-order valence-electron chi connectivity index (χ1n) is 17.9. The molecule has 0 bridgehead atoms. The van der Waals surface area contributed by atoms with Crippen LogP contribution in [0.25, 0.3) is 32.2 Å². The third kappa shape index (κ3) is 7.71. The molecular weight excluding hydrogens is 782 g/mol. The maximum atomic E-state index is 14.1. The van der Waals surface area contributed by atoms with E-state index in [9.17, 15) is 32.0 Å². The largest absolute Gasteiger partial charge is 0.355 e. The van der Waals surface area contributed by atoms with Crippen LogP contribution in [-0.2, 0) is 23.0 Å². The Labute approximate surface area is 331 Å². The number of nitriles is 1. The second-order valence-electron chi connectivity index (χ2n) is 14.2. The Morgan fingerprint density at radius 1 is 1.18 bits per heavy atom. The van der Waals surface area contributed by atoms with Crippen molar-refractivity contribution in [2.45, 2.75) is 70.5 Å². The monoisotopic (exact) mass is 818 g/mol. The number of pyridine rings is 2. The number of thiophene rings is 1. The number of aryl methyl sites for hydroxylation is 2. The molecule has 1 saturated carbocycles. The summed E-state index contributed by atoms with van der Waals surface area (Å²) < 4.78 is 54.7. The second-order valence-corrected chi connectivity index (χ2v) is 17.3. The number of likely N-dealkylation sites (tertiary alicyclic amines) is 1. The molecule has 1 aromatic carbocycles. The first-order chi connectivity index (χ1) is 26.6. The van der Waals surface area contributed by atoms with E-state index >= 15 is 0 Å². The minimum Gasteiger partial charge on any atom is -0.355 e. The average Bonchev–Trinajstić information content (AvgIpc) is 3.58. The Morgan fingerprint density at radius 3 is 2.57 bits per heavy atom. The maximum Gasteiger partial charge on any atom is 0.267 e. The number of nitrogens with zero attached hydrogens (tertiary/aromatic N) is 7. The third-order valence-corrected chi connectivity index (χ3v) is 12.2. The van der Waals surface area contributed by atoms with Gasteiger partial charge in [-0.2, -0.15) is 5.26 Å². The zero-order valence-corrected chi connectivity index (χ0v) is 33.4. The second kappa shape index (κ2) is 15.2. The summed E-state index contributed by atoms with van der Waals surface area (Å²) in [7, 11) is -1.97. The lowest BCUT2D eigenvalue weighted by Crippen LogP contribution is -2.55. The molecule has 1 saturated heterocycles. The van der Waals surface area contributed by atoms with Gasteiger partial charge in [0.1, 0.15) is 23.3 Å². The molecule has 0 unspecified atom stereocenters. The number of carbonyl (C=O) groups excluding carboxylic acids is 1. The van der Waals surface area contributed by atoms with E-state index in [-0.39, 0.29) is 48.0 Å². The van der Waals surface area contributed by atoms with Crippen molar-refractivity contribution in [2.24, 2.45) is 0 Å². The molecule has 4 aromatic heterocycles. The number of rotatable bonds is 8. The van der Waals surface area contributed by atoms with Gasteiger partial charge >= 0.3 is 0 Å². The van der Waals surface area contributed by atoms with Crippen molar-refractivity contribution in [3.05, 3.63) is 79.4 Å². The van der Waals surface area contributed by atoms with Gasteiger partial charge in [-0.05, 0) is 50.5 Å². The fraction of sp³-hybridized carbons (Fsp3) is 0.385. The van der Waals surface area contributed by atoms with Gasteiger partial charge in [0, 0.05) is 77.8 Å². The minimum absolute atomic E-state index is 0.00407. The Kier molecular flexibility index (Phi) is 10.6. The summed E-state index contributed by atoms with van der Waals surface area (Å²) in [5, 5.41) is 12.5. The van der Waals surface area contributed by atoms with Gasteiger partial charge in [0.25, 0.3) is 17.4 Å². The van der Waals surface area contributed by atoms with Gasteiger partial charge in [0.15, 0.2) is 0 Å². The number of carbonyl (C=O) groups is 1. The molecule has 290 valence electrons. The highest BCUT2D eigenvalue weighted by Crippen LogP contribution is 2.42. The molecule has 2 fully saturated rings. The summed E-state index contributed by atoms with van der Waals surface area (Å²) in [5.74, 6) is 3.67. The van der Waals surface area contributed by atoms with Crippen LogP contribution in [0.4, 0.5) is 14.6 Å². The molecular formula is C39H37ClF2N8O4S2. The third-order valence-electron chi connectivity index (χ3n) is 10.4. The molecule has 0 atom stereocenters. The van der Waals surface area contributed by atoms with Crippen LogP contribution >= 0.6 is 22.9 Å². The number of anilines is 1. The molecule has 7 rings (SSSR count). The molecule has 12 nitrogen and oxygen atoms in total. The Morgan fingerprint density at radius 2 is 1.91 bits per heavy atom. The average molecular weight is 819 g/mol. The Hall–Kier alpha value is -5.00. The molecule has 1 amide bonds. The number of aromatic nitrogens is 4. The van der Waals surface area contributed by atoms with E-state index < -0.39 is 27.4 Å². The topological polar surface area (TPSA) is 154 Å². The fourth-order valence-electron chi connectivity index (χ4n) is 7.46. The van der Waals surface area contributed by atoms with Gasteiger partial charge < -0.3 is 4.90 Å². The van der Waals surface area contributed by atoms with Crippen LogP contribution < -0.4 is 15.2 Å². The molecule has 1 N–H and O–H groups in total. The highest BCUT2D eigenvalue weighted by molar-refractivity contribution is 7.89. The van der Waals surface area contributed by atoms with E-state index in [0.29, 0.717) is 87.1 Å². The number of fused-ring (bicyclic) bond motifs is 2. The molecule has 17 heteroatoms. The zero-order valence-electron chi connectivity index (χ0n) is 31.0. The summed E-state index contributed by atoms with van der Waals surface area (Å²) in [6.45, 7) is 4.87. The lowest BCUT2D eigenvalue weighted by Gasteiger charge is -2.46. The number of nitrogens with one attached hydrogen (secondary N) is 1. The van der Waals surface area contributed by atoms with Crippen molar-refractivity contribution >= 4 is 65.8 Å². The number of sulfonamides is 1. The van der Waals surface area contributed by atoms with Crippen molar-refractivity contribution in [1.82, 2.24) is 29.1 Å². The molecule has 5 heterocycles.